The molecule has 0 spiro atoms. The van der Waals surface area contributed by atoms with Crippen molar-refractivity contribution >= 4 is 0 Å². The number of ether oxygens (including phenoxy) is 2. The van der Waals surface area contributed by atoms with Gasteiger partial charge in [0.1, 0.15) is 6.61 Å². The summed E-state index contributed by atoms with van der Waals surface area (Å²) in [6.45, 7) is 6.37. The van der Waals surface area contributed by atoms with Crippen molar-refractivity contribution in [3.8, 4) is 5.75 Å². The van der Waals surface area contributed by atoms with Gasteiger partial charge < -0.3 is 14.8 Å². The van der Waals surface area contributed by atoms with E-state index in [9.17, 15) is 4.39 Å². The number of halogens is 1. The third-order valence-electron chi connectivity index (χ3n) is 2.31. The van der Waals surface area contributed by atoms with Crippen LogP contribution in [0.25, 0.3) is 0 Å². The minimum Gasteiger partial charge on any atom is -0.488 e. The first-order valence-electron chi connectivity index (χ1n) is 6.27. The number of hydrogen-bond donors (Lipinski definition) is 1. The van der Waals surface area contributed by atoms with Crippen molar-refractivity contribution < 1.29 is 13.9 Å². The van der Waals surface area contributed by atoms with Crippen LogP contribution in [0, 0.1) is 11.7 Å². The summed E-state index contributed by atoms with van der Waals surface area (Å²) in [5.74, 6) is 0.456. The van der Waals surface area contributed by atoms with Gasteiger partial charge in [-0.2, -0.15) is 0 Å². The molecule has 18 heavy (non-hydrogen) atoms. The molecule has 0 aromatic heterocycles. The molecule has 0 aliphatic carbocycles. The second kappa shape index (κ2) is 8.06. The minimum atomic E-state index is -0.327. The van der Waals surface area contributed by atoms with Gasteiger partial charge in [-0.25, -0.2) is 4.39 Å². The van der Waals surface area contributed by atoms with Gasteiger partial charge in [0.05, 0.1) is 6.61 Å². The van der Waals surface area contributed by atoms with Crippen LogP contribution in [-0.4, -0.2) is 26.9 Å². The van der Waals surface area contributed by atoms with E-state index in [4.69, 9.17) is 9.47 Å². The Morgan fingerprint density at radius 3 is 2.67 bits per heavy atom. The average molecular weight is 255 g/mol. The van der Waals surface area contributed by atoms with Crippen molar-refractivity contribution in [2.24, 2.45) is 5.92 Å². The van der Waals surface area contributed by atoms with Crippen molar-refractivity contribution in [3.05, 3.63) is 29.6 Å². The lowest BCUT2D eigenvalue weighted by molar-refractivity contribution is 0.0808. The van der Waals surface area contributed by atoms with Crippen LogP contribution >= 0.6 is 0 Å². The molecule has 0 unspecified atom stereocenters. The predicted octanol–water partition coefficient (Wildman–Crippen LogP) is 2.60. The zero-order valence-electron chi connectivity index (χ0n) is 11.3. The molecular formula is C14H22FNO2. The molecule has 0 atom stereocenters. The highest BCUT2D eigenvalue weighted by Gasteiger charge is 2.04. The molecule has 0 bridgehead atoms. The fraction of sp³-hybridized carbons (Fsp3) is 0.571. The van der Waals surface area contributed by atoms with Gasteiger partial charge >= 0.3 is 0 Å². The molecule has 1 rings (SSSR count). The Balaban J connectivity index is 2.34. The van der Waals surface area contributed by atoms with Crippen LogP contribution in [0.5, 0.6) is 5.75 Å². The van der Waals surface area contributed by atoms with Crippen LogP contribution in [0.4, 0.5) is 4.39 Å². The normalized spacial score (nSPS) is 10.9. The molecule has 1 aromatic carbocycles. The molecule has 0 saturated carbocycles. The van der Waals surface area contributed by atoms with E-state index in [-0.39, 0.29) is 11.6 Å². The van der Waals surface area contributed by atoms with E-state index < -0.39 is 0 Å². The van der Waals surface area contributed by atoms with E-state index in [1.807, 2.05) is 13.1 Å². The Bertz CT molecular complexity index is 356. The van der Waals surface area contributed by atoms with E-state index in [0.29, 0.717) is 32.3 Å². The first-order chi connectivity index (χ1) is 8.63. The van der Waals surface area contributed by atoms with Crippen molar-refractivity contribution in [2.75, 3.05) is 26.9 Å². The van der Waals surface area contributed by atoms with Gasteiger partial charge in [-0.3, -0.25) is 0 Å². The maximum absolute atomic E-state index is 13.6. The van der Waals surface area contributed by atoms with E-state index in [1.54, 1.807) is 6.07 Å². The molecule has 0 amide bonds. The van der Waals surface area contributed by atoms with Crippen molar-refractivity contribution in [1.29, 1.82) is 0 Å². The third kappa shape index (κ3) is 5.47. The summed E-state index contributed by atoms with van der Waals surface area (Å²) in [4.78, 5) is 0. The monoisotopic (exact) mass is 255 g/mol. The molecular weight excluding hydrogens is 233 g/mol. The Hall–Kier alpha value is -1.13. The zero-order valence-corrected chi connectivity index (χ0v) is 11.3. The first-order valence-corrected chi connectivity index (χ1v) is 6.27. The number of hydrogen-bond acceptors (Lipinski definition) is 3. The van der Waals surface area contributed by atoms with Crippen LogP contribution in [0.15, 0.2) is 18.2 Å². The second-order valence-electron chi connectivity index (χ2n) is 4.61. The van der Waals surface area contributed by atoms with Gasteiger partial charge in [0, 0.05) is 13.2 Å². The average Bonchev–Trinajstić information content (AvgIpc) is 2.31. The Kier molecular flexibility index (Phi) is 6.68. The van der Waals surface area contributed by atoms with Crippen molar-refractivity contribution in [1.82, 2.24) is 5.32 Å². The van der Waals surface area contributed by atoms with Crippen LogP contribution in [-0.2, 0) is 11.3 Å². The summed E-state index contributed by atoms with van der Waals surface area (Å²) in [5.41, 5.74) is 0.901. The van der Waals surface area contributed by atoms with Crippen LogP contribution < -0.4 is 10.1 Å². The van der Waals surface area contributed by atoms with Gasteiger partial charge in [-0.1, -0.05) is 19.9 Å². The lowest BCUT2D eigenvalue weighted by atomic mass is 10.2. The highest BCUT2D eigenvalue weighted by Crippen LogP contribution is 2.18. The molecule has 0 aliphatic heterocycles. The van der Waals surface area contributed by atoms with Crippen molar-refractivity contribution in [2.45, 2.75) is 20.4 Å². The molecule has 0 aliphatic rings. The van der Waals surface area contributed by atoms with Gasteiger partial charge in [-0.15, -0.1) is 0 Å². The van der Waals surface area contributed by atoms with Gasteiger partial charge in [-0.05, 0) is 30.7 Å². The van der Waals surface area contributed by atoms with Gasteiger partial charge in [0.2, 0.25) is 0 Å². The summed E-state index contributed by atoms with van der Waals surface area (Å²) in [5, 5.41) is 2.97. The minimum absolute atomic E-state index is 0.281. The third-order valence-corrected chi connectivity index (χ3v) is 2.31. The van der Waals surface area contributed by atoms with Crippen LogP contribution in [0.3, 0.4) is 0 Å². The predicted molar refractivity (Wildman–Crippen MR) is 70.3 cm³/mol. The number of rotatable bonds is 8. The van der Waals surface area contributed by atoms with Gasteiger partial charge in [0.15, 0.2) is 11.6 Å². The van der Waals surface area contributed by atoms with E-state index in [1.165, 1.54) is 6.07 Å². The number of benzene rings is 1. The SMILES string of the molecule is CNCc1ccc(OCCOCC(C)C)c(F)c1. The van der Waals surface area contributed by atoms with E-state index in [2.05, 4.69) is 19.2 Å². The molecule has 0 radical (unpaired) electrons. The summed E-state index contributed by atoms with van der Waals surface area (Å²) in [6.07, 6.45) is 0. The zero-order chi connectivity index (χ0) is 13.4. The Morgan fingerprint density at radius 2 is 2.06 bits per heavy atom. The van der Waals surface area contributed by atoms with Gasteiger partial charge in [0.25, 0.3) is 0 Å². The largest absolute Gasteiger partial charge is 0.488 e. The summed E-state index contributed by atoms with van der Waals surface area (Å²) in [6, 6.07) is 5.00. The van der Waals surface area contributed by atoms with E-state index in [0.717, 1.165) is 5.56 Å². The molecule has 0 heterocycles. The second-order valence-corrected chi connectivity index (χ2v) is 4.61. The van der Waals surface area contributed by atoms with E-state index >= 15 is 0 Å². The fourth-order valence-electron chi connectivity index (χ4n) is 1.51. The quantitative estimate of drug-likeness (QED) is 0.724. The summed E-state index contributed by atoms with van der Waals surface area (Å²) >= 11 is 0. The standard InChI is InChI=1S/C14H22FNO2/c1-11(2)10-17-6-7-18-14-5-4-12(9-16-3)8-13(14)15/h4-5,8,11,16H,6-7,9-10H2,1-3H3. The maximum Gasteiger partial charge on any atom is 0.165 e. The van der Waals surface area contributed by atoms with Crippen molar-refractivity contribution in [3.63, 3.8) is 0 Å². The van der Waals surface area contributed by atoms with Crippen LogP contribution in [0.1, 0.15) is 19.4 Å². The maximum atomic E-state index is 13.6. The molecule has 0 saturated heterocycles. The fourth-order valence-corrected chi connectivity index (χ4v) is 1.51. The highest BCUT2D eigenvalue weighted by molar-refractivity contribution is 5.29. The molecule has 102 valence electrons. The molecule has 4 heteroatoms. The highest BCUT2D eigenvalue weighted by atomic mass is 19.1. The topological polar surface area (TPSA) is 30.5 Å². The molecule has 1 N–H and O–H groups in total. The lowest BCUT2D eigenvalue weighted by Gasteiger charge is -2.10. The lowest BCUT2D eigenvalue weighted by Crippen LogP contribution is -2.11. The molecule has 0 fully saturated rings. The Morgan fingerprint density at radius 1 is 1.28 bits per heavy atom. The van der Waals surface area contributed by atoms with Crippen LogP contribution in [0.2, 0.25) is 0 Å². The molecule has 3 nitrogen and oxygen atoms in total. The Labute approximate surface area is 108 Å². The number of nitrogens with one attached hydrogen (secondary N) is 1. The summed E-state index contributed by atoms with van der Waals surface area (Å²) in [7, 11) is 1.83. The first kappa shape index (κ1) is 14.9. The summed E-state index contributed by atoms with van der Waals surface area (Å²) < 4.78 is 24.3. The molecule has 1 aromatic rings. The smallest absolute Gasteiger partial charge is 0.165 e.